The Hall–Kier alpha value is -3.02. The third kappa shape index (κ3) is 5.01. The van der Waals surface area contributed by atoms with E-state index in [0.717, 1.165) is 11.3 Å². The van der Waals surface area contributed by atoms with Crippen LogP contribution in [0, 0.1) is 0 Å². The lowest BCUT2D eigenvalue weighted by atomic mass is 10.2. The first-order chi connectivity index (χ1) is 11.6. The van der Waals surface area contributed by atoms with Crippen LogP contribution in [0.2, 0.25) is 0 Å². The van der Waals surface area contributed by atoms with Crippen molar-refractivity contribution in [3.8, 4) is 17.2 Å². The number of hydrogen-bond donors (Lipinski definition) is 1. The lowest BCUT2D eigenvalue weighted by molar-refractivity contribution is -0.127. The summed E-state index contributed by atoms with van der Waals surface area (Å²) < 4.78 is 15.8. The highest BCUT2D eigenvalue weighted by Gasteiger charge is 2.14. The smallest absolute Gasteiger partial charge is 0.280 e. The minimum absolute atomic E-state index is 0.350. The van der Waals surface area contributed by atoms with Crippen LogP contribution in [0.5, 0.6) is 17.2 Å². The molecule has 1 amide bonds. The van der Waals surface area contributed by atoms with E-state index in [-0.39, 0.29) is 5.91 Å². The predicted octanol–water partition coefficient (Wildman–Crippen LogP) is 2.62. The average molecular weight is 328 g/mol. The van der Waals surface area contributed by atoms with Gasteiger partial charge >= 0.3 is 0 Å². The lowest BCUT2D eigenvalue weighted by Gasteiger charge is -2.13. The molecule has 0 aliphatic heterocycles. The largest absolute Gasteiger partial charge is 0.497 e. The van der Waals surface area contributed by atoms with Crippen LogP contribution in [0.15, 0.2) is 53.6 Å². The summed E-state index contributed by atoms with van der Waals surface area (Å²) in [5.74, 6) is 1.59. The van der Waals surface area contributed by atoms with E-state index in [0.29, 0.717) is 11.5 Å². The molecule has 0 saturated carbocycles. The molecular formula is C18H20N2O4. The van der Waals surface area contributed by atoms with E-state index in [9.17, 15) is 4.79 Å². The molecule has 2 aromatic rings. The first-order valence-corrected chi connectivity index (χ1v) is 7.40. The van der Waals surface area contributed by atoms with Crippen LogP contribution in [0.3, 0.4) is 0 Å². The third-order valence-corrected chi connectivity index (χ3v) is 3.21. The zero-order valence-electron chi connectivity index (χ0n) is 13.9. The van der Waals surface area contributed by atoms with Crippen molar-refractivity contribution in [2.24, 2.45) is 5.10 Å². The van der Waals surface area contributed by atoms with E-state index in [1.165, 1.54) is 0 Å². The molecule has 6 heteroatoms. The molecule has 24 heavy (non-hydrogen) atoms. The maximum atomic E-state index is 12.0. The maximum absolute atomic E-state index is 12.0. The Morgan fingerprint density at radius 2 is 1.67 bits per heavy atom. The molecule has 0 heterocycles. The molecule has 0 saturated heterocycles. The summed E-state index contributed by atoms with van der Waals surface area (Å²) in [6.07, 6.45) is 0.846. The van der Waals surface area contributed by atoms with Gasteiger partial charge in [0.25, 0.3) is 5.91 Å². The fourth-order valence-corrected chi connectivity index (χ4v) is 1.92. The molecule has 0 radical (unpaired) electrons. The van der Waals surface area contributed by atoms with Crippen molar-refractivity contribution in [3.63, 3.8) is 0 Å². The molecule has 126 valence electrons. The molecule has 0 spiro atoms. The Labute approximate surface area is 141 Å². The molecule has 6 nitrogen and oxygen atoms in total. The predicted molar refractivity (Wildman–Crippen MR) is 91.8 cm³/mol. The standard InChI is InChI=1S/C18H20N2O4/c1-13(24-17-9-5-8-16(11-17)23-3)18(21)20-19-12-14-6-4-7-15(10-14)22-2/h4-13H,1-3H3,(H,20,21)/b19-12+. The Balaban J connectivity index is 1.90. The van der Waals surface area contributed by atoms with Crippen LogP contribution < -0.4 is 19.6 Å². The minimum atomic E-state index is -0.695. The highest BCUT2D eigenvalue weighted by Crippen LogP contribution is 2.19. The minimum Gasteiger partial charge on any atom is -0.497 e. The van der Waals surface area contributed by atoms with Crippen molar-refractivity contribution >= 4 is 12.1 Å². The van der Waals surface area contributed by atoms with Crippen molar-refractivity contribution in [3.05, 3.63) is 54.1 Å². The molecule has 0 aliphatic rings. The average Bonchev–Trinajstić information content (AvgIpc) is 2.62. The van der Waals surface area contributed by atoms with Gasteiger partial charge in [0, 0.05) is 6.07 Å². The molecule has 2 aromatic carbocycles. The number of hydrazone groups is 1. The third-order valence-electron chi connectivity index (χ3n) is 3.21. The second-order valence-electron chi connectivity index (χ2n) is 4.95. The second-order valence-corrected chi connectivity index (χ2v) is 4.95. The molecule has 2 rings (SSSR count). The molecular weight excluding hydrogens is 308 g/mol. The Morgan fingerprint density at radius 1 is 1.04 bits per heavy atom. The zero-order valence-corrected chi connectivity index (χ0v) is 13.9. The molecule has 0 fully saturated rings. The molecule has 0 aromatic heterocycles. The fourth-order valence-electron chi connectivity index (χ4n) is 1.92. The van der Waals surface area contributed by atoms with Crippen LogP contribution in [-0.2, 0) is 4.79 Å². The highest BCUT2D eigenvalue weighted by atomic mass is 16.5. The van der Waals surface area contributed by atoms with Crippen LogP contribution in [0.4, 0.5) is 0 Å². The van der Waals surface area contributed by atoms with Gasteiger partial charge in [0.1, 0.15) is 17.2 Å². The monoisotopic (exact) mass is 328 g/mol. The number of nitrogens with zero attached hydrogens (tertiary/aromatic N) is 1. The summed E-state index contributed by atoms with van der Waals surface area (Å²) in [6, 6.07) is 14.4. The van der Waals surface area contributed by atoms with Gasteiger partial charge in [-0.25, -0.2) is 5.43 Å². The first-order valence-electron chi connectivity index (χ1n) is 7.40. The summed E-state index contributed by atoms with van der Waals surface area (Å²) in [7, 11) is 3.16. The van der Waals surface area contributed by atoms with E-state index in [1.54, 1.807) is 51.6 Å². The van der Waals surface area contributed by atoms with Crippen molar-refractivity contribution in [2.75, 3.05) is 14.2 Å². The van der Waals surface area contributed by atoms with E-state index in [1.807, 2.05) is 24.3 Å². The van der Waals surface area contributed by atoms with Crippen molar-refractivity contribution in [2.45, 2.75) is 13.0 Å². The number of carbonyl (C=O) groups is 1. The normalized spacial score (nSPS) is 11.8. The Morgan fingerprint density at radius 3 is 2.38 bits per heavy atom. The quantitative estimate of drug-likeness (QED) is 0.626. The molecule has 1 N–H and O–H groups in total. The van der Waals surface area contributed by atoms with Gasteiger partial charge in [-0.15, -0.1) is 0 Å². The van der Waals surface area contributed by atoms with Gasteiger partial charge in [0.15, 0.2) is 6.10 Å². The van der Waals surface area contributed by atoms with Gasteiger partial charge in [0.2, 0.25) is 0 Å². The highest BCUT2D eigenvalue weighted by molar-refractivity contribution is 5.84. The van der Waals surface area contributed by atoms with Crippen LogP contribution in [0.1, 0.15) is 12.5 Å². The second kappa shape index (κ2) is 8.57. The Bertz CT molecular complexity index is 716. The summed E-state index contributed by atoms with van der Waals surface area (Å²) in [5, 5.41) is 3.93. The molecule has 1 unspecified atom stereocenters. The van der Waals surface area contributed by atoms with Crippen LogP contribution >= 0.6 is 0 Å². The number of rotatable bonds is 7. The number of nitrogens with one attached hydrogen (secondary N) is 1. The fraction of sp³-hybridized carbons (Fsp3) is 0.222. The van der Waals surface area contributed by atoms with Gasteiger partial charge in [-0.1, -0.05) is 18.2 Å². The van der Waals surface area contributed by atoms with Crippen molar-refractivity contribution < 1.29 is 19.0 Å². The summed E-state index contributed by atoms with van der Waals surface area (Å²) in [6.45, 7) is 1.65. The van der Waals surface area contributed by atoms with Gasteiger partial charge in [-0.3, -0.25) is 4.79 Å². The number of amides is 1. The summed E-state index contributed by atoms with van der Waals surface area (Å²) in [4.78, 5) is 12.0. The van der Waals surface area contributed by atoms with E-state index >= 15 is 0 Å². The summed E-state index contributed by atoms with van der Waals surface area (Å²) in [5.41, 5.74) is 3.27. The van der Waals surface area contributed by atoms with Gasteiger partial charge in [0.05, 0.1) is 20.4 Å². The van der Waals surface area contributed by atoms with Gasteiger partial charge in [-0.05, 0) is 36.8 Å². The zero-order chi connectivity index (χ0) is 17.4. The van der Waals surface area contributed by atoms with Crippen LogP contribution in [-0.4, -0.2) is 32.4 Å². The van der Waals surface area contributed by atoms with Gasteiger partial charge in [-0.2, -0.15) is 5.10 Å². The van der Waals surface area contributed by atoms with E-state index in [2.05, 4.69) is 10.5 Å². The van der Waals surface area contributed by atoms with Gasteiger partial charge < -0.3 is 14.2 Å². The number of carbonyl (C=O) groups excluding carboxylic acids is 1. The van der Waals surface area contributed by atoms with Crippen molar-refractivity contribution in [1.82, 2.24) is 5.43 Å². The number of hydrogen-bond acceptors (Lipinski definition) is 5. The maximum Gasteiger partial charge on any atom is 0.280 e. The topological polar surface area (TPSA) is 69.2 Å². The van der Waals surface area contributed by atoms with E-state index < -0.39 is 6.10 Å². The molecule has 1 atom stereocenters. The SMILES string of the molecule is COc1cccc(/C=N/NC(=O)C(C)Oc2cccc(OC)c2)c1. The van der Waals surface area contributed by atoms with Crippen molar-refractivity contribution in [1.29, 1.82) is 0 Å². The number of benzene rings is 2. The summed E-state index contributed by atoms with van der Waals surface area (Å²) >= 11 is 0. The molecule has 0 bridgehead atoms. The lowest BCUT2D eigenvalue weighted by Crippen LogP contribution is -2.33. The van der Waals surface area contributed by atoms with E-state index in [4.69, 9.17) is 14.2 Å². The first kappa shape index (κ1) is 17.3. The van der Waals surface area contributed by atoms with Crippen LogP contribution in [0.25, 0.3) is 0 Å². The number of ether oxygens (including phenoxy) is 3. The Kier molecular flexibility index (Phi) is 6.19. The molecule has 0 aliphatic carbocycles. The number of methoxy groups -OCH3 is 2.